The summed E-state index contributed by atoms with van der Waals surface area (Å²) in [7, 11) is 0. The number of Topliss-reactive ketones (excluding diaryl/α,β-unsaturated/α-hetero) is 1. The number of rotatable bonds is 4. The number of hydrogen-bond acceptors (Lipinski definition) is 2. The smallest absolute Gasteiger partial charge is 0.180 e. The Morgan fingerprint density at radius 2 is 2.00 bits per heavy atom. The molecule has 18 heavy (non-hydrogen) atoms. The molecule has 0 fully saturated rings. The predicted octanol–water partition coefficient (Wildman–Crippen LogP) is 3.96. The standard InChI is InChI=1S/C15H14BrNO/c1-2-11-4-3-5-13(10-11)15(18)14(16)12-6-8-17-9-7-12/h3-10,14H,2H2,1H3. The van der Waals surface area contributed by atoms with Gasteiger partial charge in [0.25, 0.3) is 0 Å². The first kappa shape index (κ1) is 13.0. The molecule has 1 atom stereocenters. The van der Waals surface area contributed by atoms with Crippen molar-refractivity contribution in [3.05, 3.63) is 65.5 Å². The van der Waals surface area contributed by atoms with E-state index < -0.39 is 0 Å². The fourth-order valence-electron chi connectivity index (χ4n) is 1.77. The van der Waals surface area contributed by atoms with Gasteiger partial charge in [-0.1, -0.05) is 41.1 Å². The Balaban J connectivity index is 2.25. The maximum atomic E-state index is 12.3. The molecule has 0 saturated heterocycles. The molecule has 0 radical (unpaired) electrons. The SMILES string of the molecule is CCc1cccc(C(=O)C(Br)c2ccncc2)c1. The van der Waals surface area contributed by atoms with Crippen molar-refractivity contribution >= 4 is 21.7 Å². The van der Waals surface area contributed by atoms with Crippen LogP contribution in [0.4, 0.5) is 0 Å². The van der Waals surface area contributed by atoms with Gasteiger partial charge >= 0.3 is 0 Å². The zero-order valence-corrected chi connectivity index (χ0v) is 11.7. The van der Waals surface area contributed by atoms with Crippen LogP contribution in [0.25, 0.3) is 0 Å². The lowest BCUT2D eigenvalue weighted by Gasteiger charge is -2.09. The quantitative estimate of drug-likeness (QED) is 0.632. The van der Waals surface area contributed by atoms with Gasteiger partial charge in [0, 0.05) is 18.0 Å². The lowest BCUT2D eigenvalue weighted by atomic mass is 10.0. The van der Waals surface area contributed by atoms with Gasteiger partial charge in [0.05, 0.1) is 0 Å². The fourth-order valence-corrected chi connectivity index (χ4v) is 2.34. The van der Waals surface area contributed by atoms with Gasteiger partial charge in [-0.3, -0.25) is 9.78 Å². The lowest BCUT2D eigenvalue weighted by Crippen LogP contribution is -2.07. The minimum absolute atomic E-state index is 0.0801. The average molecular weight is 304 g/mol. The van der Waals surface area contributed by atoms with Gasteiger partial charge in [-0.2, -0.15) is 0 Å². The number of nitrogens with zero attached hydrogens (tertiary/aromatic N) is 1. The molecule has 0 saturated carbocycles. The Morgan fingerprint density at radius 3 is 2.67 bits per heavy atom. The molecule has 1 heterocycles. The van der Waals surface area contributed by atoms with Crippen LogP contribution in [0.5, 0.6) is 0 Å². The van der Waals surface area contributed by atoms with E-state index in [0.717, 1.165) is 17.5 Å². The van der Waals surface area contributed by atoms with E-state index in [2.05, 4.69) is 27.8 Å². The first-order chi connectivity index (χ1) is 8.72. The second-order valence-electron chi connectivity index (χ2n) is 4.06. The molecule has 2 aromatic rings. The summed E-state index contributed by atoms with van der Waals surface area (Å²) in [5.41, 5.74) is 2.85. The van der Waals surface area contributed by atoms with Crippen molar-refractivity contribution in [2.75, 3.05) is 0 Å². The highest BCUT2D eigenvalue weighted by atomic mass is 79.9. The van der Waals surface area contributed by atoms with E-state index in [1.807, 2.05) is 36.4 Å². The number of pyridine rings is 1. The number of hydrogen-bond donors (Lipinski definition) is 0. The van der Waals surface area contributed by atoms with Crippen LogP contribution in [0.1, 0.15) is 33.2 Å². The number of ketones is 1. The zero-order valence-electron chi connectivity index (χ0n) is 10.1. The third-order valence-corrected chi connectivity index (χ3v) is 3.79. The summed E-state index contributed by atoms with van der Waals surface area (Å²) >= 11 is 3.46. The van der Waals surface area contributed by atoms with Crippen molar-refractivity contribution in [2.45, 2.75) is 18.2 Å². The second-order valence-corrected chi connectivity index (χ2v) is 4.98. The largest absolute Gasteiger partial charge is 0.293 e. The summed E-state index contributed by atoms with van der Waals surface area (Å²) < 4.78 is 0. The summed E-state index contributed by atoms with van der Waals surface area (Å²) in [5, 5.41) is 0. The molecule has 0 bridgehead atoms. The molecule has 0 aliphatic carbocycles. The van der Waals surface area contributed by atoms with Gasteiger partial charge in [-0.05, 0) is 35.7 Å². The molecule has 0 spiro atoms. The van der Waals surface area contributed by atoms with Gasteiger partial charge in [-0.25, -0.2) is 0 Å². The highest BCUT2D eigenvalue weighted by Gasteiger charge is 2.18. The van der Waals surface area contributed by atoms with E-state index in [4.69, 9.17) is 0 Å². The summed E-state index contributed by atoms with van der Waals surface area (Å²) in [6.07, 6.45) is 4.32. The molecule has 3 heteroatoms. The molecule has 2 rings (SSSR count). The lowest BCUT2D eigenvalue weighted by molar-refractivity contribution is 0.0991. The van der Waals surface area contributed by atoms with E-state index >= 15 is 0 Å². The van der Waals surface area contributed by atoms with Crippen LogP contribution in [0, 0.1) is 0 Å². The minimum Gasteiger partial charge on any atom is -0.293 e. The van der Waals surface area contributed by atoms with Crippen LogP contribution in [-0.2, 0) is 6.42 Å². The highest BCUT2D eigenvalue weighted by Crippen LogP contribution is 2.26. The summed E-state index contributed by atoms with van der Waals surface area (Å²) in [6, 6.07) is 11.5. The Labute approximate surface area is 115 Å². The summed E-state index contributed by atoms with van der Waals surface area (Å²) in [4.78, 5) is 16.0. The Morgan fingerprint density at radius 1 is 1.28 bits per heavy atom. The van der Waals surface area contributed by atoms with E-state index in [-0.39, 0.29) is 10.6 Å². The number of aryl methyl sites for hydroxylation is 1. The monoisotopic (exact) mass is 303 g/mol. The number of aromatic nitrogens is 1. The van der Waals surface area contributed by atoms with Crippen LogP contribution in [0.3, 0.4) is 0 Å². The normalized spacial score (nSPS) is 12.1. The van der Waals surface area contributed by atoms with Crippen molar-refractivity contribution in [2.24, 2.45) is 0 Å². The Kier molecular flexibility index (Phi) is 4.26. The molecule has 92 valence electrons. The van der Waals surface area contributed by atoms with Gasteiger partial charge in [-0.15, -0.1) is 0 Å². The third kappa shape index (κ3) is 2.85. The van der Waals surface area contributed by atoms with Gasteiger partial charge in [0.15, 0.2) is 5.78 Å². The maximum absolute atomic E-state index is 12.3. The fraction of sp³-hybridized carbons (Fsp3) is 0.200. The molecule has 1 aromatic carbocycles. The number of alkyl halides is 1. The predicted molar refractivity (Wildman–Crippen MR) is 76.1 cm³/mol. The van der Waals surface area contributed by atoms with Gasteiger partial charge in [0.2, 0.25) is 0 Å². The number of carbonyl (C=O) groups is 1. The second kappa shape index (κ2) is 5.91. The molecule has 0 amide bonds. The minimum atomic E-state index is -0.312. The van der Waals surface area contributed by atoms with Crippen molar-refractivity contribution in [1.29, 1.82) is 0 Å². The van der Waals surface area contributed by atoms with E-state index in [9.17, 15) is 4.79 Å². The van der Waals surface area contributed by atoms with E-state index in [1.54, 1.807) is 12.4 Å². The van der Waals surface area contributed by atoms with Crippen LogP contribution in [-0.4, -0.2) is 10.8 Å². The maximum Gasteiger partial charge on any atom is 0.180 e. The molecule has 0 aliphatic heterocycles. The average Bonchev–Trinajstić information content (AvgIpc) is 2.46. The molecular formula is C15H14BrNO. The zero-order chi connectivity index (χ0) is 13.0. The highest BCUT2D eigenvalue weighted by molar-refractivity contribution is 9.09. The number of halogens is 1. The van der Waals surface area contributed by atoms with Crippen LogP contribution in [0.15, 0.2) is 48.8 Å². The molecule has 2 nitrogen and oxygen atoms in total. The Bertz CT molecular complexity index is 539. The summed E-state index contributed by atoms with van der Waals surface area (Å²) in [6.45, 7) is 2.08. The third-order valence-electron chi connectivity index (χ3n) is 2.85. The number of benzene rings is 1. The number of carbonyl (C=O) groups excluding carboxylic acids is 1. The van der Waals surface area contributed by atoms with Crippen molar-refractivity contribution in [3.63, 3.8) is 0 Å². The molecule has 1 unspecified atom stereocenters. The first-order valence-electron chi connectivity index (χ1n) is 5.89. The van der Waals surface area contributed by atoms with Gasteiger partial charge in [0.1, 0.15) is 4.83 Å². The van der Waals surface area contributed by atoms with Crippen LogP contribution < -0.4 is 0 Å². The molecule has 1 aromatic heterocycles. The van der Waals surface area contributed by atoms with Gasteiger partial charge < -0.3 is 0 Å². The van der Waals surface area contributed by atoms with Crippen LogP contribution in [0.2, 0.25) is 0 Å². The first-order valence-corrected chi connectivity index (χ1v) is 6.81. The summed E-state index contributed by atoms with van der Waals surface area (Å²) in [5.74, 6) is 0.0801. The topological polar surface area (TPSA) is 30.0 Å². The molecule has 0 N–H and O–H groups in total. The van der Waals surface area contributed by atoms with Crippen molar-refractivity contribution in [1.82, 2.24) is 4.98 Å². The van der Waals surface area contributed by atoms with E-state index in [1.165, 1.54) is 5.56 Å². The molecule has 0 aliphatic rings. The van der Waals surface area contributed by atoms with E-state index in [0.29, 0.717) is 0 Å². The van der Waals surface area contributed by atoms with Crippen molar-refractivity contribution in [3.8, 4) is 0 Å². The molecular weight excluding hydrogens is 290 g/mol. The van der Waals surface area contributed by atoms with Crippen LogP contribution >= 0.6 is 15.9 Å². The van der Waals surface area contributed by atoms with Crippen molar-refractivity contribution < 1.29 is 4.79 Å². The Hall–Kier alpha value is -1.48.